The van der Waals surface area contributed by atoms with Gasteiger partial charge in [-0.25, -0.2) is 0 Å². The number of thioether (sulfide) groups is 1. The number of nitrogens with zero attached hydrogens (tertiary/aromatic N) is 2. The Morgan fingerprint density at radius 2 is 1.89 bits per heavy atom. The Balaban J connectivity index is 1.59. The van der Waals surface area contributed by atoms with Crippen molar-refractivity contribution >= 4 is 17.7 Å². The third kappa shape index (κ3) is 4.44. The standard InChI is InChI=1S/C13H25N3OS/c1-15-4-6-16(7-5-15)13(17)11-14-10-12-2-8-18-9-3-12/h12,14H,2-11H2,1H3. The highest BCUT2D eigenvalue weighted by molar-refractivity contribution is 7.99. The SMILES string of the molecule is CN1CCN(C(=O)CNCC2CCSCC2)CC1. The Hall–Kier alpha value is -0.260. The topological polar surface area (TPSA) is 35.6 Å². The molecule has 0 saturated carbocycles. The molecule has 0 aromatic rings. The average molecular weight is 271 g/mol. The van der Waals surface area contributed by atoms with Gasteiger partial charge in [0.2, 0.25) is 5.91 Å². The lowest BCUT2D eigenvalue weighted by Crippen LogP contribution is -2.49. The largest absolute Gasteiger partial charge is 0.339 e. The lowest BCUT2D eigenvalue weighted by molar-refractivity contribution is -0.131. The van der Waals surface area contributed by atoms with Gasteiger partial charge in [0.25, 0.3) is 0 Å². The molecule has 1 amide bonds. The average Bonchev–Trinajstić information content (AvgIpc) is 2.40. The number of rotatable bonds is 4. The van der Waals surface area contributed by atoms with E-state index in [1.165, 1.54) is 24.3 Å². The molecule has 104 valence electrons. The third-order valence-corrected chi connectivity index (χ3v) is 4.95. The quantitative estimate of drug-likeness (QED) is 0.807. The van der Waals surface area contributed by atoms with Crippen molar-refractivity contribution in [3.8, 4) is 0 Å². The van der Waals surface area contributed by atoms with Gasteiger partial charge in [-0.15, -0.1) is 0 Å². The van der Waals surface area contributed by atoms with E-state index in [9.17, 15) is 4.79 Å². The van der Waals surface area contributed by atoms with E-state index in [2.05, 4.69) is 29.0 Å². The molecule has 2 aliphatic heterocycles. The Kier molecular flexibility index (Phi) is 5.79. The number of carbonyl (C=O) groups excluding carboxylic acids is 1. The molecule has 2 rings (SSSR count). The smallest absolute Gasteiger partial charge is 0.236 e. The fraction of sp³-hybridized carbons (Fsp3) is 0.923. The fourth-order valence-corrected chi connectivity index (χ4v) is 3.71. The van der Waals surface area contributed by atoms with Crippen molar-refractivity contribution < 1.29 is 4.79 Å². The summed E-state index contributed by atoms with van der Waals surface area (Å²) in [6.07, 6.45) is 2.61. The summed E-state index contributed by atoms with van der Waals surface area (Å²) in [5.41, 5.74) is 0. The van der Waals surface area contributed by atoms with Crippen molar-refractivity contribution in [1.82, 2.24) is 15.1 Å². The van der Waals surface area contributed by atoms with Crippen LogP contribution in [0.2, 0.25) is 0 Å². The highest BCUT2D eigenvalue weighted by Gasteiger charge is 2.19. The summed E-state index contributed by atoms with van der Waals surface area (Å²) in [6, 6.07) is 0. The van der Waals surface area contributed by atoms with E-state index in [-0.39, 0.29) is 5.91 Å². The minimum absolute atomic E-state index is 0.272. The van der Waals surface area contributed by atoms with Crippen molar-refractivity contribution in [1.29, 1.82) is 0 Å². The van der Waals surface area contributed by atoms with Gasteiger partial charge in [-0.2, -0.15) is 11.8 Å². The Morgan fingerprint density at radius 3 is 2.56 bits per heavy atom. The number of likely N-dealkylation sites (N-methyl/N-ethyl adjacent to an activating group) is 1. The Morgan fingerprint density at radius 1 is 1.22 bits per heavy atom. The molecule has 5 heteroatoms. The predicted molar refractivity (Wildman–Crippen MR) is 77.0 cm³/mol. The first-order valence-corrected chi connectivity index (χ1v) is 8.16. The van der Waals surface area contributed by atoms with Crippen LogP contribution in [0.3, 0.4) is 0 Å². The van der Waals surface area contributed by atoms with Crippen LogP contribution in [0.4, 0.5) is 0 Å². The second-order valence-electron chi connectivity index (χ2n) is 5.37. The van der Waals surface area contributed by atoms with Crippen LogP contribution >= 0.6 is 11.8 Å². The van der Waals surface area contributed by atoms with E-state index in [1.54, 1.807) is 0 Å². The molecular weight excluding hydrogens is 246 g/mol. The van der Waals surface area contributed by atoms with Gasteiger partial charge in [-0.3, -0.25) is 4.79 Å². The molecule has 2 fully saturated rings. The summed E-state index contributed by atoms with van der Waals surface area (Å²) < 4.78 is 0. The van der Waals surface area contributed by atoms with E-state index < -0.39 is 0 Å². The van der Waals surface area contributed by atoms with Gasteiger partial charge in [0, 0.05) is 26.2 Å². The van der Waals surface area contributed by atoms with Crippen LogP contribution in [0.25, 0.3) is 0 Å². The van der Waals surface area contributed by atoms with Gasteiger partial charge >= 0.3 is 0 Å². The molecule has 1 N–H and O–H groups in total. The number of hydrogen-bond donors (Lipinski definition) is 1. The zero-order valence-corrected chi connectivity index (χ0v) is 12.2. The highest BCUT2D eigenvalue weighted by Crippen LogP contribution is 2.21. The van der Waals surface area contributed by atoms with Crippen LogP contribution in [-0.2, 0) is 4.79 Å². The molecule has 0 aliphatic carbocycles. The first-order valence-electron chi connectivity index (χ1n) is 7.00. The lowest BCUT2D eigenvalue weighted by Gasteiger charge is -2.32. The van der Waals surface area contributed by atoms with Gasteiger partial charge in [-0.1, -0.05) is 0 Å². The van der Waals surface area contributed by atoms with Crippen LogP contribution in [0.15, 0.2) is 0 Å². The molecule has 0 bridgehead atoms. The van der Waals surface area contributed by atoms with Gasteiger partial charge in [0.15, 0.2) is 0 Å². The van der Waals surface area contributed by atoms with Crippen molar-refractivity contribution in [2.45, 2.75) is 12.8 Å². The summed E-state index contributed by atoms with van der Waals surface area (Å²) in [5.74, 6) is 3.64. The first kappa shape index (κ1) is 14.2. The van der Waals surface area contributed by atoms with E-state index in [4.69, 9.17) is 0 Å². The predicted octanol–water partition coefficient (Wildman–Crippen LogP) is 0.493. The van der Waals surface area contributed by atoms with Crippen molar-refractivity contribution in [3.63, 3.8) is 0 Å². The molecule has 2 saturated heterocycles. The van der Waals surface area contributed by atoms with Gasteiger partial charge in [-0.05, 0) is 43.9 Å². The highest BCUT2D eigenvalue weighted by atomic mass is 32.2. The van der Waals surface area contributed by atoms with Crippen molar-refractivity contribution in [2.24, 2.45) is 5.92 Å². The molecule has 2 aliphatic rings. The van der Waals surface area contributed by atoms with Crippen LogP contribution in [0.1, 0.15) is 12.8 Å². The molecule has 2 heterocycles. The molecule has 4 nitrogen and oxygen atoms in total. The van der Waals surface area contributed by atoms with Crippen molar-refractivity contribution in [3.05, 3.63) is 0 Å². The van der Waals surface area contributed by atoms with Gasteiger partial charge in [0.1, 0.15) is 0 Å². The second-order valence-corrected chi connectivity index (χ2v) is 6.60. The molecule has 18 heavy (non-hydrogen) atoms. The van der Waals surface area contributed by atoms with Crippen molar-refractivity contribution in [2.75, 3.05) is 57.8 Å². The maximum Gasteiger partial charge on any atom is 0.236 e. The van der Waals surface area contributed by atoms with Gasteiger partial charge < -0.3 is 15.1 Å². The lowest BCUT2D eigenvalue weighted by atomic mass is 10.0. The molecule has 0 aromatic carbocycles. The maximum absolute atomic E-state index is 12.0. The number of nitrogens with one attached hydrogen (secondary N) is 1. The number of amides is 1. The second kappa shape index (κ2) is 7.36. The van der Waals surface area contributed by atoms with E-state index in [0.29, 0.717) is 6.54 Å². The summed E-state index contributed by atoms with van der Waals surface area (Å²) in [7, 11) is 2.11. The monoisotopic (exact) mass is 271 g/mol. The minimum atomic E-state index is 0.272. The van der Waals surface area contributed by atoms with Crippen LogP contribution < -0.4 is 5.32 Å². The van der Waals surface area contributed by atoms with Crippen LogP contribution in [0, 0.1) is 5.92 Å². The maximum atomic E-state index is 12.0. The minimum Gasteiger partial charge on any atom is -0.339 e. The molecule has 0 radical (unpaired) electrons. The third-order valence-electron chi connectivity index (χ3n) is 3.91. The summed E-state index contributed by atoms with van der Waals surface area (Å²) in [4.78, 5) is 16.3. The molecule has 0 atom stereocenters. The van der Waals surface area contributed by atoms with Gasteiger partial charge in [0.05, 0.1) is 6.54 Å². The first-order chi connectivity index (χ1) is 8.75. The normalized spacial score (nSPS) is 23.3. The van der Waals surface area contributed by atoms with E-state index in [1.807, 2.05) is 4.90 Å². The Labute approximate surface area is 114 Å². The van der Waals surface area contributed by atoms with Crippen LogP contribution in [-0.4, -0.2) is 73.5 Å². The molecule has 0 unspecified atom stereocenters. The van der Waals surface area contributed by atoms with Crippen LogP contribution in [0.5, 0.6) is 0 Å². The molecular formula is C13H25N3OS. The zero-order valence-electron chi connectivity index (χ0n) is 11.4. The summed E-state index contributed by atoms with van der Waals surface area (Å²) in [5, 5.41) is 3.35. The van der Waals surface area contributed by atoms with E-state index >= 15 is 0 Å². The molecule has 0 spiro atoms. The number of hydrogen-bond acceptors (Lipinski definition) is 4. The Bertz CT molecular complexity index is 261. The summed E-state index contributed by atoms with van der Waals surface area (Å²) in [6.45, 7) is 5.32. The zero-order chi connectivity index (χ0) is 12.8. The number of piperazine rings is 1. The molecule has 0 aromatic heterocycles. The van der Waals surface area contributed by atoms with E-state index in [0.717, 1.165) is 38.6 Å². The fourth-order valence-electron chi connectivity index (χ4n) is 2.50. The number of carbonyl (C=O) groups is 1. The summed E-state index contributed by atoms with van der Waals surface area (Å²) >= 11 is 2.05.